The molecule has 1 saturated heterocycles. The van der Waals surface area contributed by atoms with Crippen molar-refractivity contribution in [3.05, 3.63) is 24.5 Å². The molecule has 0 amide bonds. The number of rotatable bonds is 1. The van der Waals surface area contributed by atoms with Gasteiger partial charge in [-0.05, 0) is 43.4 Å². The summed E-state index contributed by atoms with van der Waals surface area (Å²) in [5.74, 6) is 2.38. The molecule has 0 bridgehead atoms. The number of hydrogen-bond donors (Lipinski definition) is 1. The normalized spacial score (nSPS) is 26.9. The zero-order chi connectivity index (χ0) is 14.3. The molecule has 2 N–H and O–H groups in total. The molecular weight excluding hydrogens is 248 g/mol. The fraction of sp³-hybridized carbons (Fsp3) is 0.500. The van der Waals surface area contributed by atoms with Gasteiger partial charge in [-0.15, -0.1) is 0 Å². The fourth-order valence-electron chi connectivity index (χ4n) is 3.28. The van der Waals surface area contributed by atoms with Crippen LogP contribution in [0, 0.1) is 11.8 Å². The first kappa shape index (κ1) is 13.2. The minimum Gasteiger partial charge on any atom is -0.399 e. The molecule has 0 saturated carbocycles. The topological polar surface area (TPSA) is 55.0 Å². The van der Waals surface area contributed by atoms with Crippen LogP contribution in [0.2, 0.25) is 0 Å². The average molecular weight is 270 g/mol. The van der Waals surface area contributed by atoms with E-state index in [9.17, 15) is 0 Å². The molecule has 1 fully saturated rings. The van der Waals surface area contributed by atoms with Crippen molar-refractivity contribution in [3.63, 3.8) is 0 Å². The number of nitrogen functional groups attached to an aromatic ring is 1. The number of piperidine rings is 1. The monoisotopic (exact) mass is 270 g/mol. The molecule has 2 heterocycles. The van der Waals surface area contributed by atoms with Gasteiger partial charge in [0.05, 0.1) is 5.52 Å². The summed E-state index contributed by atoms with van der Waals surface area (Å²) in [5.41, 5.74) is 7.66. The van der Waals surface area contributed by atoms with E-state index in [0.717, 1.165) is 29.0 Å². The van der Waals surface area contributed by atoms with Gasteiger partial charge in [0.2, 0.25) is 0 Å². The number of nitrogens with two attached hydrogens (primary N) is 1. The van der Waals surface area contributed by atoms with Gasteiger partial charge in [-0.1, -0.05) is 13.8 Å². The number of benzene rings is 1. The predicted octanol–water partition coefficient (Wildman–Crippen LogP) is 3.08. The van der Waals surface area contributed by atoms with Crippen LogP contribution in [0.25, 0.3) is 10.9 Å². The van der Waals surface area contributed by atoms with E-state index in [1.807, 2.05) is 18.2 Å². The van der Waals surface area contributed by atoms with Crippen LogP contribution in [0.1, 0.15) is 27.2 Å². The molecule has 3 rings (SSSR count). The van der Waals surface area contributed by atoms with Gasteiger partial charge < -0.3 is 10.6 Å². The lowest BCUT2D eigenvalue weighted by molar-refractivity contribution is 0.296. The van der Waals surface area contributed by atoms with Gasteiger partial charge in [-0.2, -0.15) is 0 Å². The molecule has 1 aromatic heterocycles. The Morgan fingerprint density at radius 2 is 2.00 bits per heavy atom. The zero-order valence-corrected chi connectivity index (χ0v) is 12.4. The maximum Gasteiger partial charge on any atom is 0.140 e. The third kappa shape index (κ3) is 2.19. The van der Waals surface area contributed by atoms with Crippen molar-refractivity contribution in [2.45, 2.75) is 33.2 Å². The van der Waals surface area contributed by atoms with Crippen LogP contribution in [-0.2, 0) is 0 Å². The highest BCUT2D eigenvalue weighted by Crippen LogP contribution is 2.33. The summed E-state index contributed by atoms with van der Waals surface area (Å²) in [4.78, 5) is 11.3. The third-order valence-electron chi connectivity index (χ3n) is 4.51. The molecule has 1 aliphatic rings. The molecule has 4 nitrogen and oxygen atoms in total. The third-order valence-corrected chi connectivity index (χ3v) is 4.51. The first-order valence-electron chi connectivity index (χ1n) is 7.33. The van der Waals surface area contributed by atoms with Gasteiger partial charge in [-0.3, -0.25) is 0 Å². The molecular formula is C16H22N4. The summed E-state index contributed by atoms with van der Waals surface area (Å²) in [7, 11) is 0. The summed E-state index contributed by atoms with van der Waals surface area (Å²) in [6, 6.07) is 6.34. The SMILES string of the molecule is CC1CC(C)C(C)N(c2ncnc3ccc(N)cc23)C1. The van der Waals surface area contributed by atoms with Crippen LogP contribution in [0.5, 0.6) is 0 Å². The Hall–Kier alpha value is -1.84. The van der Waals surface area contributed by atoms with Crippen LogP contribution < -0.4 is 10.6 Å². The van der Waals surface area contributed by atoms with Gasteiger partial charge >= 0.3 is 0 Å². The summed E-state index contributed by atoms with van der Waals surface area (Å²) < 4.78 is 0. The molecule has 1 aromatic carbocycles. The lowest BCUT2D eigenvalue weighted by Crippen LogP contribution is -2.46. The molecule has 3 atom stereocenters. The van der Waals surface area contributed by atoms with E-state index in [0.29, 0.717) is 17.9 Å². The molecule has 4 heteroatoms. The van der Waals surface area contributed by atoms with E-state index >= 15 is 0 Å². The molecule has 20 heavy (non-hydrogen) atoms. The molecule has 106 valence electrons. The quantitative estimate of drug-likeness (QED) is 0.809. The lowest BCUT2D eigenvalue weighted by atomic mass is 9.86. The van der Waals surface area contributed by atoms with Crippen LogP contribution in [0.4, 0.5) is 11.5 Å². The van der Waals surface area contributed by atoms with Crippen LogP contribution in [0.15, 0.2) is 24.5 Å². The minimum absolute atomic E-state index is 0.491. The van der Waals surface area contributed by atoms with Gasteiger partial charge in [0.25, 0.3) is 0 Å². The Morgan fingerprint density at radius 1 is 1.20 bits per heavy atom. The van der Waals surface area contributed by atoms with Crippen LogP contribution >= 0.6 is 0 Å². The standard InChI is InChI=1S/C16H22N4/c1-10-6-11(2)12(3)20(8-10)16-14-7-13(17)4-5-15(14)18-9-19-16/h4-5,7,9-12H,6,8,17H2,1-3H3. The Balaban J connectivity index is 2.11. The summed E-state index contributed by atoms with van der Waals surface area (Å²) in [6.07, 6.45) is 2.94. The number of aromatic nitrogens is 2. The highest BCUT2D eigenvalue weighted by molar-refractivity contribution is 5.91. The van der Waals surface area contributed by atoms with Crippen molar-refractivity contribution in [1.29, 1.82) is 0 Å². The van der Waals surface area contributed by atoms with Gasteiger partial charge in [0.1, 0.15) is 12.1 Å². The van der Waals surface area contributed by atoms with Crippen LogP contribution in [0.3, 0.4) is 0 Å². The van der Waals surface area contributed by atoms with Gasteiger partial charge in [-0.25, -0.2) is 9.97 Å². The summed E-state index contributed by atoms with van der Waals surface area (Å²) >= 11 is 0. The van der Waals surface area contributed by atoms with Gasteiger partial charge in [0.15, 0.2) is 0 Å². The fourth-order valence-corrected chi connectivity index (χ4v) is 3.28. The molecule has 3 unspecified atom stereocenters. The molecule has 0 aliphatic carbocycles. The van der Waals surface area contributed by atoms with E-state index in [4.69, 9.17) is 5.73 Å². The second-order valence-electron chi connectivity index (χ2n) is 6.18. The zero-order valence-electron chi connectivity index (χ0n) is 12.4. The molecule has 1 aliphatic heterocycles. The first-order chi connectivity index (χ1) is 9.56. The van der Waals surface area contributed by atoms with E-state index in [-0.39, 0.29) is 0 Å². The summed E-state index contributed by atoms with van der Waals surface area (Å²) in [6.45, 7) is 7.97. The Kier molecular flexibility index (Phi) is 3.24. The average Bonchev–Trinajstić information content (AvgIpc) is 2.42. The first-order valence-corrected chi connectivity index (χ1v) is 7.33. The molecule has 2 aromatic rings. The predicted molar refractivity (Wildman–Crippen MR) is 83.7 cm³/mol. The van der Waals surface area contributed by atoms with E-state index in [2.05, 4.69) is 35.6 Å². The smallest absolute Gasteiger partial charge is 0.140 e. The Bertz CT molecular complexity index is 625. The lowest BCUT2D eigenvalue weighted by Gasteiger charge is -2.42. The largest absolute Gasteiger partial charge is 0.399 e. The summed E-state index contributed by atoms with van der Waals surface area (Å²) in [5, 5.41) is 1.06. The second kappa shape index (κ2) is 4.93. The highest BCUT2D eigenvalue weighted by atomic mass is 15.2. The maximum atomic E-state index is 5.94. The number of nitrogens with zero attached hydrogens (tertiary/aromatic N) is 3. The van der Waals surface area contributed by atoms with E-state index in [1.54, 1.807) is 6.33 Å². The number of hydrogen-bond acceptors (Lipinski definition) is 4. The molecule has 0 spiro atoms. The van der Waals surface area contributed by atoms with Crippen molar-refractivity contribution in [3.8, 4) is 0 Å². The molecule has 0 radical (unpaired) electrons. The van der Waals surface area contributed by atoms with E-state index < -0.39 is 0 Å². The van der Waals surface area contributed by atoms with Crippen molar-refractivity contribution >= 4 is 22.4 Å². The number of anilines is 2. The van der Waals surface area contributed by atoms with Crippen molar-refractivity contribution in [2.24, 2.45) is 11.8 Å². The van der Waals surface area contributed by atoms with Gasteiger partial charge in [0, 0.05) is 23.7 Å². The highest BCUT2D eigenvalue weighted by Gasteiger charge is 2.30. The maximum absolute atomic E-state index is 5.94. The van der Waals surface area contributed by atoms with Crippen molar-refractivity contribution in [1.82, 2.24) is 9.97 Å². The van der Waals surface area contributed by atoms with Crippen molar-refractivity contribution < 1.29 is 0 Å². The number of fused-ring (bicyclic) bond motifs is 1. The van der Waals surface area contributed by atoms with Crippen LogP contribution in [-0.4, -0.2) is 22.6 Å². The minimum atomic E-state index is 0.491. The second-order valence-corrected chi connectivity index (χ2v) is 6.18. The van der Waals surface area contributed by atoms with Crippen molar-refractivity contribution in [2.75, 3.05) is 17.2 Å². The van der Waals surface area contributed by atoms with E-state index in [1.165, 1.54) is 6.42 Å². The Morgan fingerprint density at radius 3 is 2.80 bits per heavy atom. The Labute approximate surface area is 120 Å².